The van der Waals surface area contributed by atoms with E-state index in [0.29, 0.717) is 13.1 Å². The first-order valence-electron chi connectivity index (χ1n) is 8.35. The van der Waals surface area contributed by atoms with Crippen molar-refractivity contribution in [2.24, 2.45) is 0 Å². The van der Waals surface area contributed by atoms with Crippen LogP contribution in [0.1, 0.15) is 32.3 Å². The van der Waals surface area contributed by atoms with Gasteiger partial charge in [0.05, 0.1) is 0 Å². The van der Waals surface area contributed by atoms with Crippen molar-refractivity contribution in [3.63, 3.8) is 0 Å². The number of ether oxygens (including phenoxy) is 1. The van der Waals surface area contributed by atoms with Crippen molar-refractivity contribution >= 4 is 23.6 Å². The topological polar surface area (TPSA) is 49.9 Å². The van der Waals surface area contributed by atoms with Crippen molar-refractivity contribution in [2.45, 2.75) is 45.4 Å². The van der Waals surface area contributed by atoms with Crippen LogP contribution in [0, 0.1) is 0 Å². The summed E-state index contributed by atoms with van der Waals surface area (Å²) in [5.41, 5.74) is 0.953. The molecule has 5 nitrogen and oxygen atoms in total. The molecule has 6 heteroatoms. The molecule has 1 heterocycles. The summed E-state index contributed by atoms with van der Waals surface area (Å²) >= 11 is 5.68. The lowest BCUT2D eigenvalue weighted by Gasteiger charge is -2.32. The third-order valence-corrected chi connectivity index (χ3v) is 4.51. The van der Waals surface area contributed by atoms with Crippen LogP contribution in [0.4, 0.5) is 4.79 Å². The molecule has 1 aromatic carbocycles. The highest BCUT2D eigenvalue weighted by Crippen LogP contribution is 2.20. The summed E-state index contributed by atoms with van der Waals surface area (Å²) in [6.45, 7) is 5.34. The largest absolute Gasteiger partial charge is 0.445 e. The van der Waals surface area contributed by atoms with E-state index in [9.17, 15) is 9.59 Å². The molecule has 0 radical (unpaired) electrons. The Kier molecular flexibility index (Phi) is 6.91. The predicted octanol–water partition coefficient (Wildman–Crippen LogP) is 3.26. The average molecular weight is 353 g/mol. The van der Waals surface area contributed by atoms with E-state index in [1.165, 1.54) is 0 Å². The Labute approximate surface area is 148 Å². The van der Waals surface area contributed by atoms with Gasteiger partial charge in [-0.2, -0.15) is 0 Å². The molecule has 24 heavy (non-hydrogen) atoms. The van der Waals surface area contributed by atoms with Gasteiger partial charge in [-0.3, -0.25) is 4.79 Å². The van der Waals surface area contributed by atoms with Gasteiger partial charge in [0, 0.05) is 25.2 Å². The number of amides is 2. The van der Waals surface area contributed by atoms with E-state index in [1.54, 1.807) is 9.80 Å². The van der Waals surface area contributed by atoms with Crippen LogP contribution in [0.2, 0.25) is 0 Å². The van der Waals surface area contributed by atoms with E-state index < -0.39 is 0 Å². The van der Waals surface area contributed by atoms with Gasteiger partial charge in [0.1, 0.15) is 12.5 Å². The molecule has 2 amide bonds. The zero-order valence-corrected chi connectivity index (χ0v) is 15.0. The summed E-state index contributed by atoms with van der Waals surface area (Å²) in [4.78, 5) is 27.9. The number of hydrogen-bond donors (Lipinski definition) is 0. The smallest absolute Gasteiger partial charge is 0.410 e. The van der Waals surface area contributed by atoms with Crippen molar-refractivity contribution < 1.29 is 14.3 Å². The molecule has 2 rings (SSSR count). The summed E-state index contributed by atoms with van der Waals surface area (Å²) in [6, 6.07) is 9.61. The minimum absolute atomic E-state index is 0.00169. The minimum Gasteiger partial charge on any atom is -0.445 e. The number of carbonyl (C=O) groups is 2. The Balaban J connectivity index is 1.95. The lowest BCUT2D eigenvalue weighted by molar-refractivity contribution is -0.129. The number of likely N-dealkylation sites (tertiary alicyclic amines) is 1. The van der Waals surface area contributed by atoms with Crippen molar-refractivity contribution in [2.75, 3.05) is 19.0 Å². The third-order valence-electron chi connectivity index (χ3n) is 4.28. The maximum Gasteiger partial charge on any atom is 0.410 e. The second-order valence-electron chi connectivity index (χ2n) is 6.30. The Hall–Kier alpha value is -1.75. The van der Waals surface area contributed by atoms with Crippen LogP contribution in [0.3, 0.4) is 0 Å². The predicted molar refractivity (Wildman–Crippen MR) is 93.9 cm³/mol. The number of halogens is 1. The maximum atomic E-state index is 12.5. The van der Waals surface area contributed by atoms with E-state index in [4.69, 9.17) is 16.3 Å². The van der Waals surface area contributed by atoms with Crippen molar-refractivity contribution in [1.29, 1.82) is 0 Å². The fraction of sp³-hybridized carbons (Fsp3) is 0.556. The van der Waals surface area contributed by atoms with Crippen LogP contribution in [0.15, 0.2) is 30.3 Å². The molecule has 1 saturated heterocycles. The van der Waals surface area contributed by atoms with Crippen LogP contribution < -0.4 is 0 Å². The molecule has 0 N–H and O–H groups in total. The monoisotopic (exact) mass is 352 g/mol. The number of alkyl halides is 1. The molecule has 0 aromatic heterocycles. The summed E-state index contributed by atoms with van der Waals surface area (Å²) in [5, 5.41) is 0. The first kappa shape index (κ1) is 18.6. The molecule has 1 unspecified atom stereocenters. The first-order chi connectivity index (χ1) is 11.5. The Morgan fingerprint density at radius 2 is 2.04 bits per heavy atom. The second-order valence-corrected chi connectivity index (χ2v) is 6.57. The van der Waals surface area contributed by atoms with E-state index in [-0.39, 0.29) is 36.6 Å². The van der Waals surface area contributed by atoms with Crippen LogP contribution in [-0.2, 0) is 16.1 Å². The summed E-state index contributed by atoms with van der Waals surface area (Å²) in [7, 11) is 0. The normalized spacial score (nSPS) is 17.2. The van der Waals surface area contributed by atoms with Crippen molar-refractivity contribution in [3.8, 4) is 0 Å². The van der Waals surface area contributed by atoms with Gasteiger partial charge < -0.3 is 14.5 Å². The number of hydrogen-bond acceptors (Lipinski definition) is 3. The number of rotatable bonds is 6. The van der Waals surface area contributed by atoms with Gasteiger partial charge in [-0.15, -0.1) is 11.6 Å². The maximum absolute atomic E-state index is 12.5. The Morgan fingerprint density at radius 3 is 2.67 bits per heavy atom. The van der Waals surface area contributed by atoms with Crippen LogP contribution in [0.5, 0.6) is 0 Å². The molecule has 0 aliphatic carbocycles. The number of carbonyl (C=O) groups excluding carboxylic acids is 2. The Morgan fingerprint density at radius 1 is 1.33 bits per heavy atom. The fourth-order valence-electron chi connectivity index (χ4n) is 2.96. The molecule has 132 valence electrons. The van der Waals surface area contributed by atoms with E-state index in [1.807, 2.05) is 44.2 Å². The van der Waals surface area contributed by atoms with Gasteiger partial charge in [0.25, 0.3) is 0 Å². The van der Waals surface area contributed by atoms with E-state index in [0.717, 1.165) is 18.4 Å². The van der Waals surface area contributed by atoms with E-state index >= 15 is 0 Å². The molecule has 1 aliphatic heterocycles. The van der Waals surface area contributed by atoms with Crippen molar-refractivity contribution in [1.82, 2.24) is 9.80 Å². The van der Waals surface area contributed by atoms with Gasteiger partial charge in [-0.1, -0.05) is 30.3 Å². The van der Waals surface area contributed by atoms with Crippen LogP contribution in [-0.4, -0.2) is 52.9 Å². The standard InChI is InChI=1S/C18H25ClN2O3/c1-14(2)21(12-16-9-6-10-20(16)17(22)11-19)18(23)24-13-15-7-4-3-5-8-15/h3-5,7-8,14,16H,6,9-13H2,1-2H3. The minimum atomic E-state index is -0.348. The molecular weight excluding hydrogens is 328 g/mol. The highest BCUT2D eigenvalue weighted by atomic mass is 35.5. The molecule has 1 aromatic rings. The zero-order valence-electron chi connectivity index (χ0n) is 14.3. The molecule has 0 bridgehead atoms. The fourth-order valence-corrected chi connectivity index (χ4v) is 3.11. The zero-order chi connectivity index (χ0) is 17.5. The molecule has 0 saturated carbocycles. The van der Waals surface area contributed by atoms with Gasteiger partial charge >= 0.3 is 6.09 Å². The van der Waals surface area contributed by atoms with Gasteiger partial charge in [0.2, 0.25) is 5.91 Å². The third kappa shape index (κ3) is 4.87. The summed E-state index contributed by atoms with van der Waals surface area (Å²) in [5.74, 6) is -0.0862. The lowest BCUT2D eigenvalue weighted by atomic mass is 10.2. The molecule has 1 atom stereocenters. The quantitative estimate of drug-likeness (QED) is 0.738. The van der Waals surface area contributed by atoms with E-state index in [2.05, 4.69) is 0 Å². The van der Waals surface area contributed by atoms with Gasteiger partial charge in [-0.05, 0) is 32.3 Å². The van der Waals surface area contributed by atoms with Crippen LogP contribution in [0.25, 0.3) is 0 Å². The summed E-state index contributed by atoms with van der Waals surface area (Å²) < 4.78 is 5.44. The highest BCUT2D eigenvalue weighted by Gasteiger charge is 2.32. The highest BCUT2D eigenvalue weighted by molar-refractivity contribution is 6.27. The Bertz CT molecular complexity index is 550. The van der Waals surface area contributed by atoms with Crippen molar-refractivity contribution in [3.05, 3.63) is 35.9 Å². The number of nitrogens with zero attached hydrogens (tertiary/aromatic N) is 2. The number of benzene rings is 1. The van der Waals surface area contributed by atoms with Gasteiger partial charge in [-0.25, -0.2) is 4.79 Å². The van der Waals surface area contributed by atoms with Crippen LogP contribution >= 0.6 is 11.6 Å². The molecule has 1 aliphatic rings. The molecule has 1 fully saturated rings. The first-order valence-corrected chi connectivity index (χ1v) is 8.89. The SMILES string of the molecule is CC(C)N(CC1CCCN1C(=O)CCl)C(=O)OCc1ccccc1. The second kappa shape index (κ2) is 8.92. The summed E-state index contributed by atoms with van der Waals surface area (Å²) in [6.07, 6.45) is 1.48. The molecule has 0 spiro atoms. The van der Waals surface area contributed by atoms with Gasteiger partial charge in [0.15, 0.2) is 0 Å². The lowest BCUT2D eigenvalue weighted by Crippen LogP contribution is -2.48. The molecular formula is C18H25ClN2O3. The average Bonchev–Trinajstić information content (AvgIpc) is 3.05.